The number of nitrogens with zero attached hydrogens (tertiary/aromatic N) is 6. The average molecular weight is 451 g/mol. The zero-order chi connectivity index (χ0) is 23.0. The Morgan fingerprint density at radius 1 is 1.06 bits per heavy atom. The lowest BCUT2D eigenvalue weighted by atomic mass is 10.1. The van der Waals surface area contributed by atoms with Gasteiger partial charge in [0.15, 0.2) is 5.84 Å². The van der Waals surface area contributed by atoms with Crippen molar-refractivity contribution in [2.75, 3.05) is 16.7 Å². The van der Waals surface area contributed by atoms with Gasteiger partial charge >= 0.3 is 0 Å². The zero-order valence-corrected chi connectivity index (χ0v) is 18.8. The highest BCUT2D eigenvalue weighted by molar-refractivity contribution is 7.92. The summed E-state index contributed by atoms with van der Waals surface area (Å²) in [6, 6.07) is 10.3. The van der Waals surface area contributed by atoms with E-state index in [1.807, 2.05) is 20.8 Å². The summed E-state index contributed by atoms with van der Waals surface area (Å²) < 4.78 is 28.0. The van der Waals surface area contributed by atoms with Gasteiger partial charge in [-0.25, -0.2) is 28.1 Å². The fraction of sp³-hybridized carbons (Fsp3) is 0.190. The van der Waals surface area contributed by atoms with Crippen LogP contribution in [0.15, 0.2) is 57.6 Å². The second kappa shape index (κ2) is 8.00. The minimum absolute atomic E-state index is 0.305. The summed E-state index contributed by atoms with van der Waals surface area (Å²) in [5.74, 6) is 1.02. The van der Waals surface area contributed by atoms with Crippen LogP contribution in [0.25, 0.3) is 0 Å². The van der Waals surface area contributed by atoms with Crippen molar-refractivity contribution in [3.63, 3.8) is 0 Å². The second-order valence-electron chi connectivity index (χ2n) is 7.38. The highest BCUT2D eigenvalue weighted by Crippen LogP contribution is 2.24. The SMILES string of the molecule is Cc1nn(C2=NC(=Nc3ccc(N)nc3)C(c3ccccc3NS(C)(=O)=O)=N2)c(C)c1C. The first-order valence-corrected chi connectivity index (χ1v) is 11.6. The van der Waals surface area contributed by atoms with Crippen LogP contribution >= 0.6 is 0 Å². The molecule has 10 nitrogen and oxygen atoms in total. The molecule has 4 rings (SSSR count). The van der Waals surface area contributed by atoms with E-state index < -0.39 is 10.0 Å². The molecule has 32 heavy (non-hydrogen) atoms. The molecule has 1 aromatic carbocycles. The van der Waals surface area contributed by atoms with E-state index in [-0.39, 0.29) is 0 Å². The molecule has 0 unspecified atom stereocenters. The average Bonchev–Trinajstić information content (AvgIpc) is 3.25. The van der Waals surface area contributed by atoms with Crippen molar-refractivity contribution in [2.24, 2.45) is 15.0 Å². The molecule has 0 spiro atoms. The van der Waals surface area contributed by atoms with Crippen molar-refractivity contribution >= 4 is 44.7 Å². The third kappa shape index (κ3) is 4.28. The standard InChI is InChI=1S/C21H22N8O2S/c1-12-13(2)27-29(14(12)3)21-25-19(16-7-5-6-8-17(16)28-32(4,30)31)20(26-21)24-15-9-10-18(22)23-11-15/h5-11,28H,1-4H3,(H2,22,23). The molecule has 1 aliphatic heterocycles. The predicted molar refractivity (Wildman–Crippen MR) is 126 cm³/mol. The number of hydrogen-bond donors (Lipinski definition) is 2. The molecular weight excluding hydrogens is 428 g/mol. The van der Waals surface area contributed by atoms with E-state index in [1.165, 1.54) is 6.20 Å². The maximum Gasteiger partial charge on any atom is 0.253 e. The normalized spacial score (nSPS) is 15.1. The molecule has 0 atom stereocenters. The molecule has 0 aliphatic carbocycles. The summed E-state index contributed by atoms with van der Waals surface area (Å²) in [7, 11) is -3.51. The number of amidine groups is 1. The highest BCUT2D eigenvalue weighted by atomic mass is 32.2. The summed E-state index contributed by atoms with van der Waals surface area (Å²) in [5, 5.41) is 4.54. The Hall–Kier alpha value is -3.86. The molecule has 164 valence electrons. The Balaban J connectivity index is 1.89. The molecule has 0 bridgehead atoms. The minimum atomic E-state index is -3.51. The number of hydrogen-bond acceptors (Lipinski definition) is 7. The number of aryl methyl sites for hydroxylation is 1. The smallest absolute Gasteiger partial charge is 0.253 e. The number of anilines is 2. The fourth-order valence-electron chi connectivity index (χ4n) is 3.16. The van der Waals surface area contributed by atoms with Crippen LogP contribution in [0.3, 0.4) is 0 Å². The third-order valence-corrected chi connectivity index (χ3v) is 5.55. The van der Waals surface area contributed by atoms with Crippen LogP contribution in [0.4, 0.5) is 17.2 Å². The van der Waals surface area contributed by atoms with Gasteiger partial charge in [-0.1, -0.05) is 18.2 Å². The van der Waals surface area contributed by atoms with Gasteiger partial charge in [0.05, 0.1) is 29.5 Å². The number of para-hydroxylation sites is 1. The summed E-state index contributed by atoms with van der Waals surface area (Å²) in [4.78, 5) is 18.0. The van der Waals surface area contributed by atoms with Crippen molar-refractivity contribution in [1.82, 2.24) is 14.8 Å². The van der Waals surface area contributed by atoms with Crippen LogP contribution < -0.4 is 10.5 Å². The lowest BCUT2D eigenvalue weighted by molar-refractivity contribution is 0.607. The van der Waals surface area contributed by atoms with Gasteiger partial charge in [-0.15, -0.1) is 0 Å². The maximum absolute atomic E-state index is 11.9. The van der Waals surface area contributed by atoms with Crippen molar-refractivity contribution < 1.29 is 8.42 Å². The number of aromatic nitrogens is 3. The lowest BCUT2D eigenvalue weighted by Gasteiger charge is -2.10. The molecule has 0 saturated carbocycles. The van der Waals surface area contributed by atoms with E-state index in [9.17, 15) is 8.42 Å². The molecule has 2 aromatic heterocycles. The summed E-state index contributed by atoms with van der Waals surface area (Å²) >= 11 is 0. The molecule has 0 saturated heterocycles. The van der Waals surface area contributed by atoms with Crippen LogP contribution in [0.2, 0.25) is 0 Å². The lowest BCUT2D eigenvalue weighted by Crippen LogP contribution is -2.16. The molecular formula is C21H22N8O2S. The maximum atomic E-state index is 11.9. The summed E-state index contributed by atoms with van der Waals surface area (Å²) in [6.07, 6.45) is 2.62. The Bertz CT molecular complexity index is 1400. The van der Waals surface area contributed by atoms with E-state index in [2.05, 4.69) is 29.8 Å². The van der Waals surface area contributed by atoms with Crippen molar-refractivity contribution in [2.45, 2.75) is 20.8 Å². The molecule has 0 amide bonds. The van der Waals surface area contributed by atoms with Gasteiger partial charge in [-0.2, -0.15) is 10.1 Å². The van der Waals surface area contributed by atoms with E-state index in [4.69, 9.17) is 5.73 Å². The number of pyridine rings is 1. The molecule has 3 heterocycles. The van der Waals surface area contributed by atoms with E-state index in [1.54, 1.807) is 41.1 Å². The first kappa shape index (κ1) is 21.4. The second-order valence-corrected chi connectivity index (χ2v) is 9.12. The van der Waals surface area contributed by atoms with Gasteiger partial charge in [0.1, 0.15) is 11.5 Å². The van der Waals surface area contributed by atoms with Gasteiger partial charge in [-0.3, -0.25) is 4.72 Å². The first-order valence-electron chi connectivity index (χ1n) is 9.71. The van der Waals surface area contributed by atoms with E-state index in [0.717, 1.165) is 23.2 Å². The van der Waals surface area contributed by atoms with Crippen LogP contribution in [0, 0.1) is 20.8 Å². The molecule has 3 N–H and O–H groups in total. The van der Waals surface area contributed by atoms with Crippen molar-refractivity contribution in [1.29, 1.82) is 0 Å². The van der Waals surface area contributed by atoms with Crippen LogP contribution in [-0.2, 0) is 10.0 Å². The Morgan fingerprint density at radius 3 is 2.44 bits per heavy atom. The van der Waals surface area contributed by atoms with Crippen molar-refractivity contribution in [3.8, 4) is 0 Å². The summed E-state index contributed by atoms with van der Waals surface area (Å²) in [6.45, 7) is 5.83. The van der Waals surface area contributed by atoms with Crippen LogP contribution in [-0.4, -0.2) is 46.9 Å². The Kier molecular flexibility index (Phi) is 5.35. The molecule has 3 aromatic rings. The van der Waals surface area contributed by atoms with E-state index in [0.29, 0.717) is 40.3 Å². The predicted octanol–water partition coefficient (Wildman–Crippen LogP) is 2.59. The number of nitrogens with one attached hydrogen (secondary N) is 1. The molecule has 1 aliphatic rings. The number of sulfonamides is 1. The Morgan fingerprint density at radius 2 is 1.81 bits per heavy atom. The monoisotopic (exact) mass is 450 g/mol. The molecule has 0 radical (unpaired) electrons. The third-order valence-electron chi connectivity index (χ3n) is 4.96. The van der Waals surface area contributed by atoms with Gasteiger partial charge in [-0.05, 0) is 44.5 Å². The first-order chi connectivity index (χ1) is 15.1. The number of benzene rings is 1. The highest BCUT2D eigenvalue weighted by Gasteiger charge is 2.26. The zero-order valence-electron chi connectivity index (χ0n) is 18.0. The number of aliphatic imine (C=N–C) groups is 3. The van der Waals surface area contributed by atoms with Crippen LogP contribution in [0.1, 0.15) is 22.5 Å². The summed E-state index contributed by atoms with van der Waals surface area (Å²) in [5.41, 5.74) is 10.3. The molecule has 11 heteroatoms. The van der Waals surface area contributed by atoms with Gasteiger partial charge < -0.3 is 5.73 Å². The van der Waals surface area contributed by atoms with E-state index >= 15 is 0 Å². The number of nitrogen functional groups attached to an aromatic ring is 1. The van der Waals surface area contributed by atoms with Crippen molar-refractivity contribution in [3.05, 3.63) is 65.1 Å². The minimum Gasteiger partial charge on any atom is -0.384 e. The van der Waals surface area contributed by atoms with Gasteiger partial charge in [0, 0.05) is 11.3 Å². The number of rotatable bonds is 4. The topological polar surface area (TPSA) is 140 Å². The van der Waals surface area contributed by atoms with Gasteiger partial charge in [0.2, 0.25) is 10.0 Å². The van der Waals surface area contributed by atoms with Gasteiger partial charge in [0.25, 0.3) is 5.96 Å². The van der Waals surface area contributed by atoms with Crippen LogP contribution in [0.5, 0.6) is 0 Å². The quantitative estimate of drug-likeness (QED) is 0.629. The largest absolute Gasteiger partial charge is 0.384 e. The molecule has 0 fully saturated rings. The Labute approximate surface area is 185 Å². The number of nitrogens with two attached hydrogens (primary N) is 1. The fourth-order valence-corrected chi connectivity index (χ4v) is 3.73.